The van der Waals surface area contributed by atoms with Crippen molar-refractivity contribution in [1.82, 2.24) is 0 Å². The van der Waals surface area contributed by atoms with Gasteiger partial charge in [-0.1, -0.05) is 337 Å². The van der Waals surface area contributed by atoms with Crippen molar-refractivity contribution in [2.24, 2.45) is 0 Å². The van der Waals surface area contributed by atoms with E-state index in [1.54, 1.807) is 0 Å². The molecular formula is C77H136O6. The third-order valence-electron chi connectivity index (χ3n) is 15.9. The second-order valence-electron chi connectivity index (χ2n) is 24.1. The SMILES string of the molecule is CC/C=C\C/C=C\C/C=C\C/C=C\C/C=C\CCCCCCCCCCCCCCCCCCCC(=O)OCC(COC(=O)CCCCCCC)OC(=O)CCCCCCCCCCCCCCCCC/C=C\C/C=C\CCCCCCC. The number of allylic oxidation sites excluding steroid dienone is 14. The first-order valence-corrected chi connectivity index (χ1v) is 36.1. The van der Waals surface area contributed by atoms with Gasteiger partial charge in [-0.05, 0) is 96.3 Å². The molecule has 6 nitrogen and oxygen atoms in total. The number of esters is 3. The topological polar surface area (TPSA) is 78.9 Å². The van der Waals surface area contributed by atoms with Gasteiger partial charge < -0.3 is 14.2 Å². The Morgan fingerprint density at radius 3 is 0.735 bits per heavy atom. The molecule has 0 aromatic carbocycles. The number of carbonyl (C=O) groups is 3. The Hall–Kier alpha value is -3.41. The largest absolute Gasteiger partial charge is 0.462 e. The van der Waals surface area contributed by atoms with E-state index in [0.29, 0.717) is 19.3 Å². The fourth-order valence-electron chi connectivity index (χ4n) is 10.5. The number of hydrogen-bond acceptors (Lipinski definition) is 6. The van der Waals surface area contributed by atoms with Crippen LogP contribution in [-0.4, -0.2) is 37.2 Å². The lowest BCUT2D eigenvalue weighted by Gasteiger charge is -2.18. The molecule has 0 saturated carbocycles. The van der Waals surface area contributed by atoms with E-state index >= 15 is 0 Å². The summed E-state index contributed by atoms with van der Waals surface area (Å²) in [7, 11) is 0. The molecule has 6 heteroatoms. The molecule has 1 atom stereocenters. The first kappa shape index (κ1) is 79.6. The normalized spacial score (nSPS) is 12.6. The highest BCUT2D eigenvalue weighted by molar-refractivity contribution is 5.71. The molecule has 0 N–H and O–H groups in total. The van der Waals surface area contributed by atoms with Gasteiger partial charge in [0.15, 0.2) is 6.10 Å². The van der Waals surface area contributed by atoms with Crippen LogP contribution in [0.25, 0.3) is 0 Å². The Kier molecular flexibility index (Phi) is 68.2. The van der Waals surface area contributed by atoms with E-state index < -0.39 is 6.10 Å². The summed E-state index contributed by atoms with van der Waals surface area (Å²) in [4.78, 5) is 38.0. The van der Waals surface area contributed by atoms with Gasteiger partial charge in [-0.2, -0.15) is 0 Å². The van der Waals surface area contributed by atoms with Crippen LogP contribution in [0.1, 0.15) is 367 Å². The number of carbonyl (C=O) groups excluding carboxylic acids is 3. The molecule has 0 fully saturated rings. The Morgan fingerprint density at radius 2 is 0.470 bits per heavy atom. The predicted molar refractivity (Wildman–Crippen MR) is 362 cm³/mol. The van der Waals surface area contributed by atoms with Crippen LogP contribution in [-0.2, 0) is 28.6 Å². The van der Waals surface area contributed by atoms with E-state index in [9.17, 15) is 14.4 Å². The Balaban J connectivity index is 3.93. The van der Waals surface area contributed by atoms with Crippen molar-refractivity contribution >= 4 is 17.9 Å². The van der Waals surface area contributed by atoms with E-state index in [1.807, 2.05) is 0 Å². The van der Waals surface area contributed by atoms with Crippen LogP contribution in [0.4, 0.5) is 0 Å². The average Bonchev–Trinajstić information content (AvgIpc) is 3.49. The maximum absolute atomic E-state index is 12.9. The van der Waals surface area contributed by atoms with E-state index in [-0.39, 0.29) is 31.1 Å². The second kappa shape index (κ2) is 71.1. The van der Waals surface area contributed by atoms with Gasteiger partial charge in [-0.25, -0.2) is 0 Å². The van der Waals surface area contributed by atoms with Crippen molar-refractivity contribution < 1.29 is 28.6 Å². The van der Waals surface area contributed by atoms with Crippen molar-refractivity contribution in [3.8, 4) is 0 Å². The van der Waals surface area contributed by atoms with Gasteiger partial charge in [-0.3, -0.25) is 14.4 Å². The molecule has 0 spiro atoms. The lowest BCUT2D eigenvalue weighted by atomic mass is 10.0. The van der Waals surface area contributed by atoms with Crippen LogP contribution in [0, 0.1) is 0 Å². The standard InChI is InChI=1S/C77H136O6/c1-4-7-10-13-15-17-19-21-23-25-27-29-31-33-35-36-37-38-39-40-42-43-45-47-49-51-53-55-57-59-61-64-67-70-76(79)82-73-74(72-81-75(78)69-66-63-12-9-6-3)83-77(80)71-68-65-62-60-58-56-54-52-50-48-46-44-41-34-32-30-28-26-24-22-20-18-16-14-11-8-5-2/h7,10,15,17,20-23,26-29,33,35,74H,4-6,8-9,11-14,16,18-19,24-25,30-32,34,36-73H2,1-3H3/b10-7-,17-15-,22-20-,23-21-,28-26-,29-27-,35-33-. The molecule has 0 amide bonds. The van der Waals surface area contributed by atoms with Crippen LogP contribution in [0.5, 0.6) is 0 Å². The first-order chi connectivity index (χ1) is 41.0. The molecule has 0 aromatic heterocycles. The van der Waals surface area contributed by atoms with Gasteiger partial charge in [0.05, 0.1) is 0 Å². The third-order valence-corrected chi connectivity index (χ3v) is 15.9. The summed E-state index contributed by atoms with van der Waals surface area (Å²) in [5.41, 5.74) is 0. The summed E-state index contributed by atoms with van der Waals surface area (Å²) in [6.45, 7) is 6.48. The molecule has 0 aliphatic carbocycles. The molecule has 0 radical (unpaired) electrons. The zero-order valence-corrected chi connectivity index (χ0v) is 55.2. The fourth-order valence-corrected chi connectivity index (χ4v) is 10.5. The fraction of sp³-hybridized carbons (Fsp3) is 0.779. The van der Waals surface area contributed by atoms with Crippen LogP contribution in [0.15, 0.2) is 85.1 Å². The van der Waals surface area contributed by atoms with Crippen molar-refractivity contribution in [2.75, 3.05) is 13.2 Å². The van der Waals surface area contributed by atoms with Crippen LogP contribution >= 0.6 is 0 Å². The summed E-state index contributed by atoms with van der Waals surface area (Å²) >= 11 is 0. The highest BCUT2D eigenvalue weighted by Crippen LogP contribution is 2.18. The van der Waals surface area contributed by atoms with Crippen molar-refractivity contribution in [1.29, 1.82) is 0 Å². The monoisotopic (exact) mass is 1160 g/mol. The van der Waals surface area contributed by atoms with Gasteiger partial charge >= 0.3 is 17.9 Å². The summed E-state index contributed by atoms with van der Waals surface area (Å²) < 4.78 is 16.8. The summed E-state index contributed by atoms with van der Waals surface area (Å²) in [6, 6.07) is 0. The zero-order valence-electron chi connectivity index (χ0n) is 55.2. The number of unbranched alkanes of at least 4 members (excludes halogenated alkanes) is 41. The summed E-state index contributed by atoms with van der Waals surface area (Å²) in [5.74, 6) is -0.867. The van der Waals surface area contributed by atoms with Crippen molar-refractivity contribution in [2.45, 2.75) is 374 Å². The molecule has 0 heterocycles. The highest BCUT2D eigenvalue weighted by Gasteiger charge is 2.19. The smallest absolute Gasteiger partial charge is 0.306 e. The Labute approximate surface area is 515 Å². The Morgan fingerprint density at radius 1 is 0.253 bits per heavy atom. The number of ether oxygens (including phenoxy) is 3. The highest BCUT2D eigenvalue weighted by atomic mass is 16.6. The quantitative estimate of drug-likeness (QED) is 0.0261. The van der Waals surface area contributed by atoms with E-state index in [0.717, 1.165) is 103 Å². The van der Waals surface area contributed by atoms with Crippen molar-refractivity contribution in [3.05, 3.63) is 85.1 Å². The maximum Gasteiger partial charge on any atom is 0.306 e. The molecule has 1 unspecified atom stereocenters. The van der Waals surface area contributed by atoms with Crippen LogP contribution < -0.4 is 0 Å². The van der Waals surface area contributed by atoms with E-state index in [2.05, 4.69) is 106 Å². The van der Waals surface area contributed by atoms with Crippen LogP contribution in [0.2, 0.25) is 0 Å². The third kappa shape index (κ3) is 69.3. The van der Waals surface area contributed by atoms with Gasteiger partial charge in [0, 0.05) is 19.3 Å². The summed E-state index contributed by atoms with van der Waals surface area (Å²) in [5, 5.41) is 0. The lowest BCUT2D eigenvalue weighted by molar-refractivity contribution is -0.167. The molecule has 0 saturated heterocycles. The Bertz CT molecular complexity index is 1570. The predicted octanol–water partition coefficient (Wildman–Crippen LogP) is 25.0. The molecule has 0 aliphatic heterocycles. The van der Waals surface area contributed by atoms with Gasteiger partial charge in [0.25, 0.3) is 0 Å². The van der Waals surface area contributed by atoms with Gasteiger partial charge in [0.1, 0.15) is 13.2 Å². The van der Waals surface area contributed by atoms with E-state index in [4.69, 9.17) is 14.2 Å². The minimum absolute atomic E-state index is 0.0716. The minimum Gasteiger partial charge on any atom is -0.462 e. The van der Waals surface area contributed by atoms with Crippen molar-refractivity contribution in [3.63, 3.8) is 0 Å². The minimum atomic E-state index is -0.771. The van der Waals surface area contributed by atoms with Gasteiger partial charge in [0.2, 0.25) is 0 Å². The number of hydrogen-bond donors (Lipinski definition) is 0. The number of rotatable bonds is 66. The molecule has 0 bridgehead atoms. The lowest BCUT2D eigenvalue weighted by Crippen LogP contribution is -2.30. The van der Waals surface area contributed by atoms with Crippen LogP contribution in [0.3, 0.4) is 0 Å². The second-order valence-corrected chi connectivity index (χ2v) is 24.1. The molecule has 0 aliphatic rings. The van der Waals surface area contributed by atoms with Gasteiger partial charge in [-0.15, -0.1) is 0 Å². The molecule has 0 aromatic rings. The maximum atomic E-state index is 12.9. The molecule has 480 valence electrons. The molecule has 0 rings (SSSR count). The zero-order chi connectivity index (χ0) is 59.9. The van der Waals surface area contributed by atoms with E-state index in [1.165, 1.54) is 225 Å². The first-order valence-electron chi connectivity index (χ1n) is 36.1. The molecular weight excluding hydrogens is 1020 g/mol. The average molecular weight is 1160 g/mol. The summed E-state index contributed by atoms with van der Waals surface area (Å²) in [6.07, 6.45) is 95.3. The molecule has 83 heavy (non-hydrogen) atoms.